The van der Waals surface area contributed by atoms with Crippen molar-refractivity contribution in [3.8, 4) is 11.8 Å². The average Bonchev–Trinajstić information content (AvgIpc) is 2.09. The lowest BCUT2D eigenvalue weighted by Crippen LogP contribution is -1.92. The molecule has 68 valence electrons. The summed E-state index contributed by atoms with van der Waals surface area (Å²) in [6.45, 7) is 8.35. The van der Waals surface area contributed by atoms with Crippen molar-refractivity contribution in [2.75, 3.05) is 0 Å². The molecule has 0 unspecified atom stereocenters. The molecule has 0 saturated carbocycles. The van der Waals surface area contributed by atoms with E-state index in [2.05, 4.69) is 44.7 Å². The molecular formula is C13H16. The first-order valence-electron chi connectivity index (χ1n) is 4.61. The molecule has 1 rings (SSSR count). The minimum absolute atomic E-state index is 0.880. The average molecular weight is 172 g/mol. The molecule has 0 aromatic heterocycles. The largest absolute Gasteiger partial charge is 0.106 e. The summed E-state index contributed by atoms with van der Waals surface area (Å²) in [6, 6.07) is 4.45. The Morgan fingerprint density at radius 2 is 1.85 bits per heavy atom. The molecule has 0 fully saturated rings. The Morgan fingerprint density at radius 3 is 2.46 bits per heavy atom. The van der Waals surface area contributed by atoms with Gasteiger partial charge in [-0.25, -0.2) is 0 Å². The van der Waals surface area contributed by atoms with E-state index in [1.165, 1.54) is 22.3 Å². The van der Waals surface area contributed by atoms with Crippen molar-refractivity contribution >= 4 is 0 Å². The van der Waals surface area contributed by atoms with E-state index in [0.717, 1.165) is 6.42 Å². The van der Waals surface area contributed by atoms with Gasteiger partial charge < -0.3 is 0 Å². The van der Waals surface area contributed by atoms with Crippen molar-refractivity contribution in [1.82, 2.24) is 0 Å². The lowest BCUT2D eigenvalue weighted by Gasteiger charge is -2.07. The summed E-state index contributed by atoms with van der Waals surface area (Å²) in [5.74, 6) is 6.04. The first kappa shape index (κ1) is 9.86. The van der Waals surface area contributed by atoms with Crippen molar-refractivity contribution in [3.05, 3.63) is 34.4 Å². The van der Waals surface area contributed by atoms with Crippen LogP contribution < -0.4 is 0 Å². The molecule has 0 N–H and O–H groups in total. The van der Waals surface area contributed by atoms with Crippen LogP contribution in [0, 0.1) is 32.6 Å². The Hall–Kier alpha value is -1.22. The number of benzene rings is 1. The van der Waals surface area contributed by atoms with Crippen LogP contribution in [0.1, 0.15) is 29.2 Å². The van der Waals surface area contributed by atoms with Crippen molar-refractivity contribution in [2.24, 2.45) is 0 Å². The van der Waals surface area contributed by atoms with Gasteiger partial charge >= 0.3 is 0 Å². The molecule has 0 aliphatic heterocycles. The van der Waals surface area contributed by atoms with Crippen molar-refractivity contribution in [3.63, 3.8) is 0 Å². The van der Waals surface area contributed by atoms with Gasteiger partial charge in [0.25, 0.3) is 0 Å². The van der Waals surface area contributed by atoms with Crippen LogP contribution >= 0.6 is 0 Å². The van der Waals surface area contributed by atoms with Gasteiger partial charge in [0, 0.05) is 6.42 Å². The quantitative estimate of drug-likeness (QED) is 0.571. The van der Waals surface area contributed by atoms with E-state index >= 15 is 0 Å². The third-order valence-electron chi connectivity index (χ3n) is 2.37. The maximum Gasteiger partial charge on any atom is 0.0343 e. The first-order valence-corrected chi connectivity index (χ1v) is 4.61. The molecule has 1 aromatic rings. The summed E-state index contributed by atoms with van der Waals surface area (Å²) in [7, 11) is 0. The number of hydrogen-bond acceptors (Lipinski definition) is 0. The third kappa shape index (κ3) is 2.36. The van der Waals surface area contributed by atoms with Gasteiger partial charge in [0.1, 0.15) is 0 Å². The fourth-order valence-corrected chi connectivity index (χ4v) is 1.49. The molecule has 13 heavy (non-hydrogen) atoms. The van der Waals surface area contributed by atoms with Gasteiger partial charge in [-0.1, -0.05) is 23.6 Å². The van der Waals surface area contributed by atoms with Gasteiger partial charge in [0.2, 0.25) is 0 Å². The molecule has 0 bridgehead atoms. The molecule has 0 nitrogen and oxygen atoms in total. The molecule has 0 amide bonds. The molecule has 0 aliphatic carbocycles. The SMILES string of the molecule is CC#CCc1cc(C)cc(C)c1C. The van der Waals surface area contributed by atoms with Crippen molar-refractivity contribution in [2.45, 2.75) is 34.1 Å². The minimum atomic E-state index is 0.880. The summed E-state index contributed by atoms with van der Waals surface area (Å²) >= 11 is 0. The van der Waals surface area contributed by atoms with E-state index in [1.54, 1.807) is 0 Å². The Labute approximate surface area is 81.0 Å². The van der Waals surface area contributed by atoms with Crippen LogP contribution in [-0.4, -0.2) is 0 Å². The van der Waals surface area contributed by atoms with Crippen LogP contribution in [-0.2, 0) is 6.42 Å². The second-order valence-electron chi connectivity index (χ2n) is 3.47. The second-order valence-corrected chi connectivity index (χ2v) is 3.47. The predicted octanol–water partition coefficient (Wildman–Crippen LogP) is 3.18. The van der Waals surface area contributed by atoms with E-state index in [-0.39, 0.29) is 0 Å². The number of rotatable bonds is 1. The summed E-state index contributed by atoms with van der Waals surface area (Å²) in [5, 5.41) is 0. The molecule has 0 radical (unpaired) electrons. The topological polar surface area (TPSA) is 0 Å². The Balaban J connectivity index is 3.10. The summed E-state index contributed by atoms with van der Waals surface area (Å²) < 4.78 is 0. The molecule has 0 heteroatoms. The molecule has 1 aromatic carbocycles. The van der Waals surface area contributed by atoms with Crippen LogP contribution in [0.3, 0.4) is 0 Å². The molecule has 0 heterocycles. The molecular weight excluding hydrogens is 156 g/mol. The van der Waals surface area contributed by atoms with E-state index in [1.807, 2.05) is 6.92 Å². The third-order valence-corrected chi connectivity index (χ3v) is 2.37. The highest BCUT2D eigenvalue weighted by atomic mass is 14.0. The van der Waals surface area contributed by atoms with E-state index < -0.39 is 0 Å². The maximum absolute atomic E-state index is 3.11. The summed E-state index contributed by atoms with van der Waals surface area (Å²) in [5.41, 5.74) is 5.45. The second kappa shape index (κ2) is 4.14. The molecule has 0 aliphatic rings. The Bertz CT molecular complexity index is 362. The summed E-state index contributed by atoms with van der Waals surface area (Å²) in [4.78, 5) is 0. The van der Waals surface area contributed by atoms with Gasteiger partial charge in [0.05, 0.1) is 0 Å². The zero-order chi connectivity index (χ0) is 9.84. The smallest absolute Gasteiger partial charge is 0.0343 e. The lowest BCUT2D eigenvalue weighted by atomic mass is 9.98. The van der Waals surface area contributed by atoms with Crippen LogP contribution in [0.25, 0.3) is 0 Å². The zero-order valence-electron chi connectivity index (χ0n) is 8.86. The fourth-order valence-electron chi connectivity index (χ4n) is 1.49. The number of hydrogen-bond donors (Lipinski definition) is 0. The highest BCUT2D eigenvalue weighted by Crippen LogP contribution is 2.15. The van der Waals surface area contributed by atoms with Crippen LogP contribution in [0.15, 0.2) is 12.1 Å². The van der Waals surface area contributed by atoms with Gasteiger partial charge in [0.15, 0.2) is 0 Å². The number of aryl methyl sites for hydroxylation is 2. The molecule has 0 saturated heterocycles. The standard InChI is InChI=1S/C13H16/c1-5-6-7-13-9-10(2)8-11(3)12(13)4/h8-9H,7H2,1-4H3. The summed E-state index contributed by atoms with van der Waals surface area (Å²) in [6.07, 6.45) is 0.880. The molecule has 0 atom stereocenters. The van der Waals surface area contributed by atoms with Gasteiger partial charge in [-0.2, -0.15) is 0 Å². The maximum atomic E-state index is 3.11. The van der Waals surface area contributed by atoms with Crippen LogP contribution in [0.5, 0.6) is 0 Å². The van der Waals surface area contributed by atoms with Crippen LogP contribution in [0.4, 0.5) is 0 Å². The first-order chi connectivity index (χ1) is 6.15. The monoisotopic (exact) mass is 172 g/mol. The van der Waals surface area contributed by atoms with Crippen molar-refractivity contribution in [1.29, 1.82) is 0 Å². The fraction of sp³-hybridized carbons (Fsp3) is 0.385. The normalized spacial score (nSPS) is 9.23. The van der Waals surface area contributed by atoms with Gasteiger partial charge in [-0.3, -0.25) is 0 Å². The molecule has 0 spiro atoms. The van der Waals surface area contributed by atoms with E-state index in [0.29, 0.717) is 0 Å². The highest BCUT2D eigenvalue weighted by molar-refractivity contribution is 5.39. The van der Waals surface area contributed by atoms with E-state index in [4.69, 9.17) is 0 Å². The highest BCUT2D eigenvalue weighted by Gasteiger charge is 2.00. The van der Waals surface area contributed by atoms with Crippen molar-refractivity contribution < 1.29 is 0 Å². The van der Waals surface area contributed by atoms with Gasteiger partial charge in [-0.05, 0) is 44.4 Å². The zero-order valence-corrected chi connectivity index (χ0v) is 8.86. The predicted molar refractivity (Wildman–Crippen MR) is 57.8 cm³/mol. The minimum Gasteiger partial charge on any atom is -0.106 e. The lowest BCUT2D eigenvalue weighted by molar-refractivity contribution is 1.18. The van der Waals surface area contributed by atoms with E-state index in [9.17, 15) is 0 Å². The Morgan fingerprint density at radius 1 is 1.15 bits per heavy atom. The Kier molecular flexibility index (Phi) is 3.14. The van der Waals surface area contributed by atoms with Crippen LogP contribution in [0.2, 0.25) is 0 Å². The van der Waals surface area contributed by atoms with Gasteiger partial charge in [-0.15, -0.1) is 5.92 Å².